The van der Waals surface area contributed by atoms with Crippen LogP contribution in [0.2, 0.25) is 0 Å². The van der Waals surface area contributed by atoms with Crippen molar-refractivity contribution in [2.75, 3.05) is 6.54 Å². The Balaban J connectivity index is 3.48. The first-order valence-electron chi connectivity index (χ1n) is 2.44. The Hall–Kier alpha value is -1.46. The fraction of sp³-hybridized carbons (Fsp3) is 0.667. The van der Waals surface area contributed by atoms with Gasteiger partial charge in [0.25, 0.3) is 0 Å². The molecule has 56 valence electrons. The average molecular weight is 145 g/mol. The van der Waals surface area contributed by atoms with E-state index in [-0.39, 0.29) is 6.54 Å². The van der Waals surface area contributed by atoms with Gasteiger partial charge in [-0.3, -0.25) is 10.2 Å². The maximum Gasteiger partial charge on any atom is 0.324 e. The Morgan fingerprint density at radius 3 is 3.00 bits per heavy atom. The number of rotatable bonds is 4. The highest BCUT2D eigenvalue weighted by Gasteiger charge is 2.10. The van der Waals surface area contributed by atoms with Crippen LogP contribution in [-0.2, 0) is 4.79 Å². The quantitative estimate of drug-likeness (QED) is 0.207. The molecule has 4 N–H and O–H groups in total. The van der Waals surface area contributed by atoms with Gasteiger partial charge < -0.3 is 10.8 Å². The molecule has 7 heteroatoms. The molecule has 0 aliphatic carbocycles. The molecule has 0 aromatic rings. The zero-order valence-electron chi connectivity index (χ0n) is 5.06. The molecule has 0 aromatic carbocycles. The van der Waals surface area contributed by atoms with Gasteiger partial charge in [0.05, 0.1) is 0 Å². The molecule has 0 fully saturated rings. The third-order valence-corrected chi connectivity index (χ3v) is 0.744. The summed E-state index contributed by atoms with van der Waals surface area (Å²) in [6.07, 6.45) is 0. The van der Waals surface area contributed by atoms with Gasteiger partial charge in [-0.15, -0.1) is 5.53 Å². The van der Waals surface area contributed by atoms with Crippen molar-refractivity contribution in [1.29, 1.82) is 0 Å². The van der Waals surface area contributed by atoms with E-state index in [1.54, 1.807) is 0 Å². The normalized spacial score (nSPS) is 11.3. The summed E-state index contributed by atoms with van der Waals surface area (Å²) in [5.41, 5.74) is 14.9. The van der Waals surface area contributed by atoms with Gasteiger partial charge in [0.15, 0.2) is 0 Å². The van der Waals surface area contributed by atoms with Gasteiger partial charge in [-0.05, 0) is 5.22 Å². The number of hydrogen-bond acceptors (Lipinski definition) is 3. The second-order valence-corrected chi connectivity index (χ2v) is 1.50. The van der Waals surface area contributed by atoms with Gasteiger partial charge in [0, 0.05) is 0 Å². The minimum Gasteiger partial charge on any atom is -0.480 e. The van der Waals surface area contributed by atoms with Crippen molar-refractivity contribution in [3.05, 3.63) is 10.4 Å². The molecule has 0 amide bonds. The maximum absolute atomic E-state index is 9.99. The van der Waals surface area contributed by atoms with Crippen LogP contribution in [-0.4, -0.2) is 23.7 Å². The lowest BCUT2D eigenvalue weighted by Gasteiger charge is -2.00. The van der Waals surface area contributed by atoms with Crippen molar-refractivity contribution >= 4 is 5.97 Å². The van der Waals surface area contributed by atoms with E-state index in [1.165, 1.54) is 0 Å². The molecule has 0 unspecified atom stereocenters. The van der Waals surface area contributed by atoms with Crippen LogP contribution in [0, 0.1) is 0 Å². The van der Waals surface area contributed by atoms with Crippen molar-refractivity contribution in [3.63, 3.8) is 0 Å². The van der Waals surface area contributed by atoms with E-state index in [0.717, 1.165) is 0 Å². The van der Waals surface area contributed by atoms with Gasteiger partial charge in [-0.1, -0.05) is 0 Å². The summed E-state index contributed by atoms with van der Waals surface area (Å²) in [6.45, 7) is -0.0700. The number of carbonyl (C=O) groups is 1. The molecule has 0 saturated carbocycles. The lowest BCUT2D eigenvalue weighted by Crippen LogP contribution is -2.38. The van der Waals surface area contributed by atoms with E-state index in [2.05, 4.69) is 15.6 Å². The number of azide groups is 1. The molecular formula is C3H7N5O2. The first kappa shape index (κ1) is 8.54. The largest absolute Gasteiger partial charge is 0.480 e. The van der Waals surface area contributed by atoms with Crippen molar-refractivity contribution < 1.29 is 9.90 Å². The molecule has 10 heavy (non-hydrogen) atoms. The summed E-state index contributed by atoms with van der Waals surface area (Å²) < 4.78 is 0. The SMILES string of the molecule is [N-]=[N+]=NNC[C@@H](N)C(=O)O. The monoisotopic (exact) mass is 145 g/mol. The summed E-state index contributed by atoms with van der Waals surface area (Å²) in [4.78, 5) is 12.3. The fourth-order valence-corrected chi connectivity index (χ4v) is 0.258. The van der Waals surface area contributed by atoms with Gasteiger partial charge in [0.1, 0.15) is 12.6 Å². The van der Waals surface area contributed by atoms with E-state index < -0.39 is 12.0 Å². The first-order chi connectivity index (χ1) is 4.68. The van der Waals surface area contributed by atoms with Crippen LogP contribution in [0.5, 0.6) is 0 Å². The molecule has 0 saturated heterocycles. The van der Waals surface area contributed by atoms with Crippen LogP contribution < -0.4 is 11.2 Å². The Labute approximate surface area is 56.4 Å². The Bertz CT molecular complexity index is 162. The molecule has 0 heterocycles. The molecule has 0 radical (unpaired) electrons. The third-order valence-electron chi connectivity index (χ3n) is 0.744. The van der Waals surface area contributed by atoms with Crippen LogP contribution in [0.1, 0.15) is 0 Å². The van der Waals surface area contributed by atoms with Gasteiger partial charge in [0.2, 0.25) is 0 Å². The number of nitrogens with one attached hydrogen (secondary N) is 1. The number of hydrogen-bond donors (Lipinski definition) is 3. The van der Waals surface area contributed by atoms with E-state index in [0.29, 0.717) is 0 Å². The summed E-state index contributed by atoms with van der Waals surface area (Å²) in [5, 5.41) is 11.1. The van der Waals surface area contributed by atoms with E-state index in [9.17, 15) is 4.79 Å². The summed E-state index contributed by atoms with van der Waals surface area (Å²) >= 11 is 0. The van der Waals surface area contributed by atoms with Crippen molar-refractivity contribution in [3.8, 4) is 0 Å². The highest BCUT2D eigenvalue weighted by molar-refractivity contribution is 5.73. The van der Waals surface area contributed by atoms with E-state index >= 15 is 0 Å². The number of carboxylic acid groups (broad SMARTS) is 1. The van der Waals surface area contributed by atoms with Gasteiger partial charge in [-0.25, -0.2) is 0 Å². The highest BCUT2D eigenvalue weighted by Crippen LogP contribution is 1.74. The van der Waals surface area contributed by atoms with Crippen molar-refractivity contribution in [2.45, 2.75) is 6.04 Å². The standard InChI is InChI=1S/C3H7N5O2/c4-2(3(9)10)1-6-8-7-5/h2,6H,1,4H2,(H,9,10)/t2-/m1/s1. The van der Waals surface area contributed by atoms with Crippen LogP contribution >= 0.6 is 0 Å². The molecule has 0 rings (SSSR count). The Morgan fingerprint density at radius 1 is 2.00 bits per heavy atom. The molecule has 0 bridgehead atoms. The molecule has 7 nitrogen and oxygen atoms in total. The average Bonchev–Trinajstić information content (AvgIpc) is 1.88. The smallest absolute Gasteiger partial charge is 0.324 e. The van der Waals surface area contributed by atoms with Crippen molar-refractivity contribution in [2.24, 2.45) is 11.0 Å². The van der Waals surface area contributed by atoms with E-state index in [1.807, 2.05) is 0 Å². The molecule has 0 aromatic heterocycles. The summed E-state index contributed by atoms with van der Waals surface area (Å²) in [5.74, 6) is -1.14. The molecule has 0 spiro atoms. The lowest BCUT2D eigenvalue weighted by atomic mass is 10.3. The summed E-state index contributed by atoms with van der Waals surface area (Å²) in [6, 6.07) is -1.04. The van der Waals surface area contributed by atoms with Crippen LogP contribution in [0.3, 0.4) is 0 Å². The number of nitrogens with two attached hydrogens (primary N) is 1. The predicted molar refractivity (Wildman–Crippen MR) is 32.8 cm³/mol. The molecule has 0 aliphatic rings. The van der Waals surface area contributed by atoms with Crippen LogP contribution in [0.15, 0.2) is 5.22 Å². The minimum atomic E-state index is -1.14. The topological polar surface area (TPSA) is 124 Å². The van der Waals surface area contributed by atoms with Gasteiger partial charge >= 0.3 is 5.97 Å². The predicted octanol–water partition coefficient (Wildman–Crippen LogP) is -0.787. The fourth-order valence-electron chi connectivity index (χ4n) is 0.258. The Kier molecular flexibility index (Phi) is 3.78. The maximum atomic E-state index is 9.99. The molecule has 0 aliphatic heterocycles. The van der Waals surface area contributed by atoms with Crippen LogP contribution in [0.4, 0.5) is 0 Å². The first-order valence-corrected chi connectivity index (χ1v) is 2.44. The number of carboxylic acids is 1. The molecular weight excluding hydrogens is 138 g/mol. The summed E-state index contributed by atoms with van der Waals surface area (Å²) in [7, 11) is 0. The zero-order chi connectivity index (χ0) is 7.98. The number of aliphatic carboxylic acids is 1. The second-order valence-electron chi connectivity index (χ2n) is 1.50. The van der Waals surface area contributed by atoms with Crippen LogP contribution in [0.25, 0.3) is 10.4 Å². The molecule has 1 atom stereocenters. The van der Waals surface area contributed by atoms with Gasteiger partial charge in [-0.2, -0.15) is 4.91 Å². The van der Waals surface area contributed by atoms with E-state index in [4.69, 9.17) is 16.4 Å². The lowest BCUT2D eigenvalue weighted by molar-refractivity contribution is -0.138. The zero-order valence-corrected chi connectivity index (χ0v) is 5.06. The highest BCUT2D eigenvalue weighted by atomic mass is 16.4. The Morgan fingerprint density at radius 2 is 2.60 bits per heavy atom. The number of nitrogens with zero attached hydrogens (tertiary/aromatic N) is 3. The minimum absolute atomic E-state index is 0.0700. The van der Waals surface area contributed by atoms with Crippen molar-refractivity contribution in [1.82, 2.24) is 5.43 Å². The third kappa shape index (κ3) is 3.53. The second kappa shape index (κ2) is 4.42.